The van der Waals surface area contributed by atoms with E-state index in [0.29, 0.717) is 23.3 Å². The van der Waals surface area contributed by atoms with Gasteiger partial charge in [-0.2, -0.15) is 0 Å². The van der Waals surface area contributed by atoms with Crippen molar-refractivity contribution in [2.24, 2.45) is 11.8 Å². The molecule has 3 rings (SSSR count). The lowest BCUT2D eigenvalue weighted by atomic mass is 9.96. The summed E-state index contributed by atoms with van der Waals surface area (Å²) in [6.45, 7) is 6.16. The van der Waals surface area contributed by atoms with Crippen molar-refractivity contribution in [3.05, 3.63) is 16.0 Å². The number of aryl methyl sites for hydroxylation is 1. The Bertz CT molecular complexity index is 626. The number of esters is 1. The maximum atomic E-state index is 12.2. The molecule has 4 nitrogen and oxygen atoms in total. The molecule has 6 heteroatoms. The van der Waals surface area contributed by atoms with Crippen molar-refractivity contribution in [2.75, 3.05) is 11.9 Å². The van der Waals surface area contributed by atoms with Crippen molar-refractivity contribution < 1.29 is 9.53 Å². The lowest BCUT2D eigenvalue weighted by Crippen LogP contribution is -2.40. The van der Waals surface area contributed by atoms with E-state index in [2.05, 4.69) is 10.6 Å². The number of rotatable bonds is 4. The summed E-state index contributed by atoms with van der Waals surface area (Å²) in [4.78, 5) is 13.3. The van der Waals surface area contributed by atoms with Crippen LogP contribution in [-0.2, 0) is 4.74 Å². The smallest absolute Gasteiger partial charge is 0.341 e. The monoisotopic (exact) mass is 352 g/mol. The van der Waals surface area contributed by atoms with Crippen molar-refractivity contribution in [2.45, 2.75) is 52.5 Å². The molecule has 0 saturated heterocycles. The quantitative estimate of drug-likeness (QED) is 0.633. The first-order valence-electron chi connectivity index (χ1n) is 8.34. The average molecular weight is 353 g/mol. The van der Waals surface area contributed by atoms with Crippen LogP contribution in [0.3, 0.4) is 0 Å². The number of hydrogen-bond acceptors (Lipinski definition) is 4. The molecule has 0 unspecified atom stereocenters. The van der Waals surface area contributed by atoms with E-state index in [1.165, 1.54) is 25.7 Å². The molecular formula is C17H24N2O2S2. The number of anilines is 1. The zero-order valence-corrected chi connectivity index (χ0v) is 15.5. The molecule has 126 valence electrons. The Labute approximate surface area is 147 Å². The Kier molecular flexibility index (Phi) is 4.92. The predicted molar refractivity (Wildman–Crippen MR) is 98.3 cm³/mol. The Hall–Kier alpha value is -1.14. The molecule has 23 heavy (non-hydrogen) atoms. The van der Waals surface area contributed by atoms with Crippen LogP contribution in [0.4, 0.5) is 5.00 Å². The fourth-order valence-electron chi connectivity index (χ4n) is 3.89. The Morgan fingerprint density at radius 3 is 2.74 bits per heavy atom. The second-order valence-electron chi connectivity index (χ2n) is 6.59. The summed E-state index contributed by atoms with van der Waals surface area (Å²) < 4.78 is 5.18. The number of thiocarbonyl (C=S) groups is 1. The molecule has 2 bridgehead atoms. The van der Waals surface area contributed by atoms with Gasteiger partial charge in [0.2, 0.25) is 0 Å². The minimum absolute atomic E-state index is 0.278. The van der Waals surface area contributed by atoms with E-state index in [4.69, 9.17) is 17.0 Å². The van der Waals surface area contributed by atoms with Crippen LogP contribution in [0.2, 0.25) is 0 Å². The molecule has 0 amide bonds. The minimum atomic E-state index is -0.278. The van der Waals surface area contributed by atoms with Crippen molar-refractivity contribution in [1.82, 2.24) is 5.32 Å². The first-order valence-corrected chi connectivity index (χ1v) is 9.56. The van der Waals surface area contributed by atoms with Gasteiger partial charge in [0, 0.05) is 10.9 Å². The summed E-state index contributed by atoms with van der Waals surface area (Å²) in [6.07, 6.45) is 5.25. The molecule has 0 radical (unpaired) electrons. The lowest BCUT2D eigenvalue weighted by molar-refractivity contribution is 0.0527. The summed E-state index contributed by atoms with van der Waals surface area (Å²) in [6, 6.07) is 0.488. The largest absolute Gasteiger partial charge is 0.462 e. The topological polar surface area (TPSA) is 50.4 Å². The van der Waals surface area contributed by atoms with Gasteiger partial charge in [0.25, 0.3) is 0 Å². The minimum Gasteiger partial charge on any atom is -0.462 e. The number of nitrogens with one attached hydrogen (secondary N) is 2. The maximum absolute atomic E-state index is 12.2. The molecule has 2 aliphatic carbocycles. The molecule has 1 aromatic rings. The molecule has 1 aromatic heterocycles. The third-order valence-electron chi connectivity index (χ3n) is 5.15. The fourth-order valence-corrected chi connectivity index (χ4v) is 5.26. The van der Waals surface area contributed by atoms with Gasteiger partial charge < -0.3 is 15.4 Å². The van der Waals surface area contributed by atoms with Crippen LogP contribution < -0.4 is 10.6 Å². The second kappa shape index (κ2) is 6.77. The van der Waals surface area contributed by atoms with Crippen molar-refractivity contribution in [3.63, 3.8) is 0 Å². The lowest BCUT2D eigenvalue weighted by Gasteiger charge is -2.24. The van der Waals surface area contributed by atoms with Crippen molar-refractivity contribution in [1.29, 1.82) is 0 Å². The summed E-state index contributed by atoms with van der Waals surface area (Å²) in [5.41, 5.74) is 1.59. The predicted octanol–water partition coefficient (Wildman–Crippen LogP) is 4.02. The van der Waals surface area contributed by atoms with Gasteiger partial charge in [-0.3, -0.25) is 0 Å². The standard InChI is InChI=1S/C17H24N2O2S2/c1-4-21-16(20)14-9(2)10(3)23-15(14)19-17(22)18-13-8-11-5-6-12(13)7-11/h11-13H,4-8H2,1-3H3,(H2,18,19,22)/t11-,12-,13+/m1/s1. The van der Waals surface area contributed by atoms with Gasteiger partial charge in [0.1, 0.15) is 5.00 Å². The van der Waals surface area contributed by atoms with Gasteiger partial charge in [0.15, 0.2) is 5.11 Å². The highest BCUT2D eigenvalue weighted by molar-refractivity contribution is 7.80. The third kappa shape index (κ3) is 3.38. The Morgan fingerprint density at radius 1 is 1.35 bits per heavy atom. The fraction of sp³-hybridized carbons (Fsp3) is 0.647. The molecule has 2 saturated carbocycles. The summed E-state index contributed by atoms with van der Waals surface area (Å²) in [5.74, 6) is 1.36. The normalized spacial score (nSPS) is 25.4. The van der Waals surface area contributed by atoms with Gasteiger partial charge in [-0.1, -0.05) is 6.42 Å². The molecule has 2 N–H and O–H groups in total. The number of carbonyl (C=O) groups excluding carboxylic acids is 1. The Balaban J connectivity index is 1.68. The SMILES string of the molecule is CCOC(=O)c1c(NC(=S)N[C@H]2C[C@@H]3CC[C@@H]2C3)sc(C)c1C. The molecule has 3 atom stereocenters. The zero-order chi connectivity index (χ0) is 16.6. The first-order chi connectivity index (χ1) is 11.0. The van der Waals surface area contributed by atoms with E-state index in [1.54, 1.807) is 11.3 Å². The second-order valence-corrected chi connectivity index (χ2v) is 8.22. The van der Waals surface area contributed by atoms with Gasteiger partial charge in [0.05, 0.1) is 12.2 Å². The van der Waals surface area contributed by atoms with Crippen LogP contribution in [-0.4, -0.2) is 23.7 Å². The summed E-state index contributed by atoms with van der Waals surface area (Å²) in [5, 5.41) is 8.11. The van der Waals surface area contributed by atoms with Crippen molar-refractivity contribution >= 4 is 39.6 Å². The summed E-state index contributed by atoms with van der Waals surface area (Å²) >= 11 is 7.04. The highest BCUT2D eigenvalue weighted by Crippen LogP contribution is 2.44. The molecule has 0 aromatic carbocycles. The van der Waals surface area contributed by atoms with E-state index in [0.717, 1.165) is 27.3 Å². The van der Waals surface area contributed by atoms with E-state index in [1.807, 2.05) is 20.8 Å². The van der Waals surface area contributed by atoms with Crippen LogP contribution in [0.25, 0.3) is 0 Å². The molecule has 2 fully saturated rings. The third-order valence-corrected chi connectivity index (χ3v) is 6.49. The number of hydrogen-bond donors (Lipinski definition) is 2. The number of ether oxygens (including phenoxy) is 1. The van der Waals surface area contributed by atoms with Gasteiger partial charge in [-0.15, -0.1) is 11.3 Å². The molecule has 1 heterocycles. The number of thiophene rings is 1. The van der Waals surface area contributed by atoms with E-state index in [-0.39, 0.29) is 5.97 Å². The van der Waals surface area contributed by atoms with Gasteiger partial charge in [-0.05, 0) is 69.7 Å². The van der Waals surface area contributed by atoms with Gasteiger partial charge >= 0.3 is 5.97 Å². The molecule has 0 aliphatic heterocycles. The van der Waals surface area contributed by atoms with Crippen LogP contribution in [0.15, 0.2) is 0 Å². The van der Waals surface area contributed by atoms with E-state index in [9.17, 15) is 4.79 Å². The summed E-state index contributed by atoms with van der Waals surface area (Å²) in [7, 11) is 0. The number of carbonyl (C=O) groups is 1. The van der Waals surface area contributed by atoms with Crippen LogP contribution >= 0.6 is 23.6 Å². The first kappa shape index (κ1) is 16.7. The highest BCUT2D eigenvalue weighted by Gasteiger charge is 2.39. The van der Waals surface area contributed by atoms with E-state index >= 15 is 0 Å². The van der Waals surface area contributed by atoms with Crippen LogP contribution in [0.1, 0.15) is 53.4 Å². The molecular weight excluding hydrogens is 328 g/mol. The highest BCUT2D eigenvalue weighted by atomic mass is 32.1. The maximum Gasteiger partial charge on any atom is 0.341 e. The average Bonchev–Trinajstić information content (AvgIpc) is 3.15. The Morgan fingerprint density at radius 2 is 2.13 bits per heavy atom. The van der Waals surface area contributed by atoms with Crippen LogP contribution in [0, 0.1) is 25.7 Å². The number of fused-ring (bicyclic) bond motifs is 2. The van der Waals surface area contributed by atoms with Gasteiger partial charge in [-0.25, -0.2) is 4.79 Å². The molecule has 0 spiro atoms. The molecule has 2 aliphatic rings. The van der Waals surface area contributed by atoms with Crippen molar-refractivity contribution in [3.8, 4) is 0 Å². The zero-order valence-electron chi connectivity index (χ0n) is 13.9. The van der Waals surface area contributed by atoms with Crippen LogP contribution in [0.5, 0.6) is 0 Å². The van der Waals surface area contributed by atoms with E-state index < -0.39 is 0 Å².